The molecule has 2 unspecified atom stereocenters. The molecule has 0 aromatic carbocycles. The quantitative estimate of drug-likeness (QED) is 0.631. The molecule has 9 heteroatoms. The van der Waals surface area contributed by atoms with Crippen molar-refractivity contribution in [2.45, 2.75) is 25.1 Å². The first-order valence-corrected chi connectivity index (χ1v) is 7.85. The lowest BCUT2D eigenvalue weighted by Crippen LogP contribution is -2.45. The molecule has 1 fully saturated rings. The minimum atomic E-state index is 0.337. The van der Waals surface area contributed by atoms with Gasteiger partial charge in [-0.05, 0) is 13.0 Å². The molecule has 3 heterocycles. The van der Waals surface area contributed by atoms with E-state index in [9.17, 15) is 0 Å². The molecule has 0 aliphatic carbocycles. The summed E-state index contributed by atoms with van der Waals surface area (Å²) in [6.07, 6.45) is 3.47. The maximum absolute atomic E-state index is 5.48. The molecule has 0 saturated carbocycles. The predicted molar refractivity (Wildman–Crippen MR) is 83.5 cm³/mol. The van der Waals surface area contributed by atoms with Gasteiger partial charge in [-0.2, -0.15) is 31.8 Å². The number of anilines is 2. The van der Waals surface area contributed by atoms with Crippen LogP contribution in [0, 0.1) is 0 Å². The van der Waals surface area contributed by atoms with Crippen LogP contribution in [0.1, 0.15) is 13.8 Å². The van der Waals surface area contributed by atoms with E-state index >= 15 is 0 Å². The van der Waals surface area contributed by atoms with E-state index in [1.807, 2.05) is 17.8 Å². The van der Waals surface area contributed by atoms with Gasteiger partial charge in [-0.3, -0.25) is 5.43 Å². The van der Waals surface area contributed by atoms with Gasteiger partial charge in [0.25, 0.3) is 5.95 Å². The first-order chi connectivity index (χ1) is 10.2. The van der Waals surface area contributed by atoms with Crippen LogP contribution in [0.25, 0.3) is 5.95 Å². The minimum Gasteiger partial charge on any atom is -0.336 e. The van der Waals surface area contributed by atoms with E-state index in [4.69, 9.17) is 5.84 Å². The molecule has 1 saturated heterocycles. The van der Waals surface area contributed by atoms with Crippen LogP contribution in [0.5, 0.6) is 0 Å². The highest BCUT2D eigenvalue weighted by Gasteiger charge is 2.28. The predicted octanol–water partition coefficient (Wildman–Crippen LogP) is 0.673. The highest BCUT2D eigenvalue weighted by molar-refractivity contribution is 8.00. The largest absolute Gasteiger partial charge is 0.336 e. The molecule has 3 N–H and O–H groups in total. The number of rotatable bonds is 3. The summed E-state index contributed by atoms with van der Waals surface area (Å²) < 4.78 is 1.60. The number of nitrogen functional groups attached to an aromatic ring is 1. The molecule has 112 valence electrons. The normalized spacial score (nSPS) is 22.3. The van der Waals surface area contributed by atoms with Gasteiger partial charge >= 0.3 is 0 Å². The van der Waals surface area contributed by atoms with E-state index in [-0.39, 0.29) is 0 Å². The number of aromatic nitrogens is 5. The number of hydrogen-bond donors (Lipinski definition) is 2. The van der Waals surface area contributed by atoms with E-state index in [1.54, 1.807) is 17.1 Å². The average Bonchev–Trinajstić information content (AvgIpc) is 3.04. The molecular weight excluding hydrogens is 288 g/mol. The number of nitrogens with two attached hydrogens (primary N) is 1. The maximum atomic E-state index is 5.48. The van der Waals surface area contributed by atoms with Crippen molar-refractivity contribution in [1.29, 1.82) is 0 Å². The monoisotopic (exact) mass is 306 g/mol. The van der Waals surface area contributed by atoms with Crippen molar-refractivity contribution < 1.29 is 0 Å². The highest BCUT2D eigenvalue weighted by Crippen LogP contribution is 2.27. The molecule has 0 radical (unpaired) electrons. The van der Waals surface area contributed by atoms with Gasteiger partial charge in [-0.25, -0.2) is 10.5 Å². The Morgan fingerprint density at radius 1 is 1.29 bits per heavy atom. The summed E-state index contributed by atoms with van der Waals surface area (Å²) >= 11 is 1.97. The zero-order valence-electron chi connectivity index (χ0n) is 12.0. The fourth-order valence-electron chi connectivity index (χ4n) is 2.25. The summed E-state index contributed by atoms with van der Waals surface area (Å²) in [5.41, 5.74) is 2.50. The Labute approximate surface area is 127 Å². The van der Waals surface area contributed by atoms with E-state index in [0.717, 1.165) is 12.3 Å². The third-order valence-corrected chi connectivity index (χ3v) is 4.93. The third kappa shape index (κ3) is 2.79. The smallest absolute Gasteiger partial charge is 0.257 e. The van der Waals surface area contributed by atoms with Crippen molar-refractivity contribution in [2.75, 3.05) is 22.6 Å². The van der Waals surface area contributed by atoms with Crippen molar-refractivity contribution >= 4 is 23.7 Å². The molecule has 1 aliphatic heterocycles. The number of nitrogens with one attached hydrogen (secondary N) is 1. The molecular formula is C12H18N8S. The molecule has 21 heavy (non-hydrogen) atoms. The third-order valence-electron chi connectivity index (χ3n) is 3.59. The zero-order chi connectivity index (χ0) is 14.8. The molecule has 0 amide bonds. The number of hydrogen-bond acceptors (Lipinski definition) is 8. The standard InChI is InChI=1S/C12H18N8S/c1-8-9(2)21-7-6-19(8)11-15-10(18-13)16-12(17-11)20-5-3-4-14-20/h3-5,8-9H,6-7,13H2,1-2H3,(H,15,16,17,18). The molecule has 8 nitrogen and oxygen atoms in total. The number of thioether (sulfide) groups is 1. The van der Waals surface area contributed by atoms with Gasteiger partial charge in [-0.15, -0.1) is 0 Å². The van der Waals surface area contributed by atoms with Crippen molar-refractivity contribution in [1.82, 2.24) is 24.7 Å². The van der Waals surface area contributed by atoms with Crippen molar-refractivity contribution in [3.63, 3.8) is 0 Å². The summed E-state index contributed by atoms with van der Waals surface area (Å²) in [6, 6.07) is 2.17. The van der Waals surface area contributed by atoms with Gasteiger partial charge in [0.05, 0.1) is 0 Å². The Kier molecular flexibility index (Phi) is 3.93. The van der Waals surface area contributed by atoms with Crippen LogP contribution in [0.2, 0.25) is 0 Å². The van der Waals surface area contributed by atoms with E-state index < -0.39 is 0 Å². The summed E-state index contributed by atoms with van der Waals surface area (Å²) in [7, 11) is 0. The van der Waals surface area contributed by atoms with Crippen LogP contribution < -0.4 is 16.2 Å². The van der Waals surface area contributed by atoms with Crippen molar-refractivity contribution in [2.24, 2.45) is 5.84 Å². The van der Waals surface area contributed by atoms with Crippen LogP contribution in [0.3, 0.4) is 0 Å². The van der Waals surface area contributed by atoms with Crippen LogP contribution in [-0.4, -0.2) is 48.3 Å². The summed E-state index contributed by atoms with van der Waals surface area (Å²) in [5.74, 6) is 7.95. The van der Waals surface area contributed by atoms with Crippen molar-refractivity contribution in [3.8, 4) is 5.95 Å². The highest BCUT2D eigenvalue weighted by atomic mass is 32.2. The minimum absolute atomic E-state index is 0.337. The topological polar surface area (TPSA) is 97.8 Å². The van der Waals surface area contributed by atoms with Gasteiger partial charge < -0.3 is 4.90 Å². The van der Waals surface area contributed by atoms with Gasteiger partial charge in [-0.1, -0.05) is 6.92 Å². The average molecular weight is 306 g/mol. The van der Waals surface area contributed by atoms with Crippen molar-refractivity contribution in [3.05, 3.63) is 18.5 Å². The summed E-state index contributed by atoms with van der Waals surface area (Å²) in [5, 5.41) is 4.68. The zero-order valence-corrected chi connectivity index (χ0v) is 12.8. The molecule has 2 aromatic heterocycles. The molecule has 0 spiro atoms. The molecule has 0 bridgehead atoms. The van der Waals surface area contributed by atoms with Crippen LogP contribution in [0.15, 0.2) is 18.5 Å². The number of nitrogens with zero attached hydrogens (tertiary/aromatic N) is 6. The van der Waals surface area contributed by atoms with Gasteiger partial charge in [0.1, 0.15) is 0 Å². The van der Waals surface area contributed by atoms with Gasteiger partial charge in [0, 0.05) is 36.0 Å². The molecule has 1 aliphatic rings. The molecule has 2 atom stereocenters. The van der Waals surface area contributed by atoms with Crippen LogP contribution in [-0.2, 0) is 0 Å². The Bertz CT molecular complexity index is 601. The van der Waals surface area contributed by atoms with E-state index in [2.05, 4.69) is 44.2 Å². The Morgan fingerprint density at radius 3 is 2.81 bits per heavy atom. The Hall–Kier alpha value is -1.87. The van der Waals surface area contributed by atoms with Gasteiger partial charge in [0.2, 0.25) is 11.9 Å². The second-order valence-corrected chi connectivity index (χ2v) is 6.35. The number of hydrazine groups is 1. The van der Waals surface area contributed by atoms with Crippen LogP contribution in [0.4, 0.5) is 11.9 Å². The lowest BCUT2D eigenvalue weighted by molar-refractivity contribution is 0.608. The Balaban J connectivity index is 1.99. The lowest BCUT2D eigenvalue weighted by Gasteiger charge is -2.37. The SMILES string of the molecule is CC1SCCN(c2nc(NN)nc(-n3cccn3)n2)C1C. The Morgan fingerprint density at radius 2 is 2.10 bits per heavy atom. The maximum Gasteiger partial charge on any atom is 0.257 e. The van der Waals surface area contributed by atoms with E-state index in [0.29, 0.717) is 29.1 Å². The fourth-order valence-corrected chi connectivity index (χ4v) is 3.35. The van der Waals surface area contributed by atoms with Crippen LogP contribution >= 0.6 is 11.8 Å². The second-order valence-electron chi connectivity index (χ2n) is 4.86. The van der Waals surface area contributed by atoms with Gasteiger partial charge in [0.15, 0.2) is 0 Å². The lowest BCUT2D eigenvalue weighted by atomic mass is 10.2. The molecule has 3 rings (SSSR count). The first kappa shape index (κ1) is 14.1. The summed E-state index contributed by atoms with van der Waals surface area (Å²) in [6.45, 7) is 5.31. The first-order valence-electron chi connectivity index (χ1n) is 6.80. The summed E-state index contributed by atoms with van der Waals surface area (Å²) in [4.78, 5) is 15.4. The van der Waals surface area contributed by atoms with E-state index in [1.165, 1.54) is 0 Å². The molecule has 2 aromatic rings. The fraction of sp³-hybridized carbons (Fsp3) is 0.500. The second kappa shape index (κ2) is 5.86.